The summed E-state index contributed by atoms with van der Waals surface area (Å²) in [5, 5.41) is 3.97. The van der Waals surface area contributed by atoms with Crippen molar-refractivity contribution in [1.82, 2.24) is 5.32 Å². The molecule has 0 amide bonds. The van der Waals surface area contributed by atoms with Gasteiger partial charge in [-0.15, -0.1) is 0 Å². The van der Waals surface area contributed by atoms with E-state index < -0.39 is 0 Å². The summed E-state index contributed by atoms with van der Waals surface area (Å²) in [6.07, 6.45) is 0. The van der Waals surface area contributed by atoms with Crippen LogP contribution in [-0.4, -0.2) is 13.7 Å². The Kier molecular flexibility index (Phi) is 5.90. The molecule has 0 radical (unpaired) electrons. The van der Waals surface area contributed by atoms with E-state index in [1.54, 1.807) is 13.2 Å². The minimum atomic E-state index is 0.425. The van der Waals surface area contributed by atoms with E-state index in [1.165, 1.54) is 5.56 Å². The topological polar surface area (TPSA) is 30.5 Å². The Hall–Kier alpha value is -1.71. The third-order valence-electron chi connectivity index (χ3n) is 3.11. The van der Waals surface area contributed by atoms with Crippen molar-refractivity contribution in [2.75, 3.05) is 13.7 Å². The van der Waals surface area contributed by atoms with Crippen LogP contribution in [0.2, 0.25) is 5.02 Å². The largest absolute Gasteiger partial charge is 0.496 e. The summed E-state index contributed by atoms with van der Waals surface area (Å²) in [4.78, 5) is 0. The molecule has 4 heteroatoms. The fourth-order valence-electron chi connectivity index (χ4n) is 2.04. The predicted molar refractivity (Wildman–Crippen MR) is 86.2 cm³/mol. The van der Waals surface area contributed by atoms with Gasteiger partial charge < -0.3 is 14.8 Å². The molecule has 0 aliphatic heterocycles. The average molecular weight is 306 g/mol. The molecule has 21 heavy (non-hydrogen) atoms. The third kappa shape index (κ3) is 4.66. The fourth-order valence-corrected chi connectivity index (χ4v) is 2.23. The van der Waals surface area contributed by atoms with Crippen molar-refractivity contribution in [1.29, 1.82) is 0 Å². The van der Waals surface area contributed by atoms with Crippen molar-refractivity contribution < 1.29 is 9.47 Å². The van der Waals surface area contributed by atoms with Gasteiger partial charge in [0.25, 0.3) is 0 Å². The van der Waals surface area contributed by atoms with Gasteiger partial charge in [-0.3, -0.25) is 0 Å². The second kappa shape index (κ2) is 7.91. The maximum Gasteiger partial charge on any atom is 0.125 e. The summed E-state index contributed by atoms with van der Waals surface area (Å²) in [7, 11) is 1.64. The maximum absolute atomic E-state index is 6.02. The van der Waals surface area contributed by atoms with E-state index in [2.05, 4.69) is 18.3 Å². The van der Waals surface area contributed by atoms with Crippen LogP contribution >= 0.6 is 11.6 Å². The third-order valence-corrected chi connectivity index (χ3v) is 3.35. The molecule has 2 aromatic carbocycles. The molecule has 1 N–H and O–H groups in total. The van der Waals surface area contributed by atoms with E-state index in [4.69, 9.17) is 21.1 Å². The standard InChI is InChI=1S/C17H20ClNO2/c1-3-19-11-13-5-4-6-16(9-13)21-12-14-10-15(18)7-8-17(14)20-2/h4-10,19H,3,11-12H2,1-2H3. The lowest BCUT2D eigenvalue weighted by molar-refractivity contribution is 0.296. The van der Waals surface area contributed by atoms with Crippen LogP contribution in [0.3, 0.4) is 0 Å². The summed E-state index contributed by atoms with van der Waals surface area (Å²) in [6.45, 7) is 4.30. The van der Waals surface area contributed by atoms with Crippen LogP contribution < -0.4 is 14.8 Å². The van der Waals surface area contributed by atoms with Crippen LogP contribution in [-0.2, 0) is 13.2 Å². The van der Waals surface area contributed by atoms with Gasteiger partial charge in [0.05, 0.1) is 7.11 Å². The number of benzene rings is 2. The molecule has 0 aliphatic rings. The number of rotatable bonds is 7. The Morgan fingerprint density at radius 2 is 2.00 bits per heavy atom. The Balaban J connectivity index is 2.04. The first-order valence-electron chi connectivity index (χ1n) is 6.97. The molecule has 0 fully saturated rings. The fraction of sp³-hybridized carbons (Fsp3) is 0.294. The van der Waals surface area contributed by atoms with Gasteiger partial charge >= 0.3 is 0 Å². The SMILES string of the molecule is CCNCc1cccc(OCc2cc(Cl)ccc2OC)c1. The van der Waals surface area contributed by atoms with Crippen molar-refractivity contribution in [2.45, 2.75) is 20.1 Å². The Morgan fingerprint density at radius 1 is 1.14 bits per heavy atom. The van der Waals surface area contributed by atoms with E-state index in [9.17, 15) is 0 Å². The minimum Gasteiger partial charge on any atom is -0.496 e. The molecule has 3 nitrogen and oxygen atoms in total. The van der Waals surface area contributed by atoms with E-state index in [1.807, 2.05) is 30.3 Å². The number of hydrogen-bond acceptors (Lipinski definition) is 3. The summed E-state index contributed by atoms with van der Waals surface area (Å²) < 4.78 is 11.2. The van der Waals surface area contributed by atoms with Crippen molar-refractivity contribution in [2.24, 2.45) is 0 Å². The summed E-state index contributed by atoms with van der Waals surface area (Å²) in [5.74, 6) is 1.62. The van der Waals surface area contributed by atoms with Crippen LogP contribution in [0.5, 0.6) is 11.5 Å². The van der Waals surface area contributed by atoms with Gasteiger partial charge in [0.1, 0.15) is 18.1 Å². The first kappa shape index (κ1) is 15.7. The normalized spacial score (nSPS) is 10.4. The number of hydrogen-bond donors (Lipinski definition) is 1. The molecule has 0 bridgehead atoms. The van der Waals surface area contributed by atoms with Gasteiger partial charge in [0, 0.05) is 17.1 Å². The molecule has 0 spiro atoms. The summed E-state index contributed by atoms with van der Waals surface area (Å²) >= 11 is 6.02. The zero-order valence-electron chi connectivity index (χ0n) is 12.4. The smallest absolute Gasteiger partial charge is 0.125 e. The van der Waals surface area contributed by atoms with E-state index in [0.717, 1.165) is 30.2 Å². The van der Waals surface area contributed by atoms with Gasteiger partial charge in [0.15, 0.2) is 0 Å². The zero-order valence-corrected chi connectivity index (χ0v) is 13.1. The molecule has 0 unspecified atom stereocenters. The lowest BCUT2D eigenvalue weighted by Gasteiger charge is -2.11. The quantitative estimate of drug-likeness (QED) is 0.837. The second-order valence-electron chi connectivity index (χ2n) is 4.67. The molecule has 0 heterocycles. The Bertz CT molecular complexity index is 587. The van der Waals surface area contributed by atoms with E-state index in [-0.39, 0.29) is 0 Å². The molecular formula is C17H20ClNO2. The number of ether oxygens (including phenoxy) is 2. The highest BCUT2D eigenvalue weighted by molar-refractivity contribution is 6.30. The summed E-state index contributed by atoms with van der Waals surface area (Å²) in [6, 6.07) is 13.6. The molecule has 0 aliphatic carbocycles. The van der Waals surface area contributed by atoms with Crippen molar-refractivity contribution >= 4 is 11.6 Å². The average Bonchev–Trinajstić information content (AvgIpc) is 2.51. The molecule has 0 saturated heterocycles. The lowest BCUT2D eigenvalue weighted by Crippen LogP contribution is -2.11. The molecule has 2 rings (SSSR count). The second-order valence-corrected chi connectivity index (χ2v) is 5.11. The maximum atomic E-state index is 6.02. The zero-order chi connectivity index (χ0) is 15.1. The minimum absolute atomic E-state index is 0.425. The first-order chi connectivity index (χ1) is 10.2. The number of methoxy groups -OCH3 is 1. The van der Waals surface area contributed by atoms with Crippen LogP contribution in [0.15, 0.2) is 42.5 Å². The monoisotopic (exact) mass is 305 g/mol. The molecular weight excluding hydrogens is 286 g/mol. The van der Waals surface area contributed by atoms with Crippen LogP contribution in [0.1, 0.15) is 18.1 Å². The highest BCUT2D eigenvalue weighted by Crippen LogP contribution is 2.24. The van der Waals surface area contributed by atoms with E-state index in [0.29, 0.717) is 11.6 Å². The summed E-state index contributed by atoms with van der Waals surface area (Å²) in [5.41, 5.74) is 2.13. The lowest BCUT2D eigenvalue weighted by atomic mass is 10.2. The molecule has 0 aromatic heterocycles. The number of halogens is 1. The molecule has 2 aromatic rings. The molecule has 112 valence electrons. The van der Waals surface area contributed by atoms with Crippen molar-refractivity contribution in [3.63, 3.8) is 0 Å². The van der Waals surface area contributed by atoms with Crippen molar-refractivity contribution in [3.05, 3.63) is 58.6 Å². The Morgan fingerprint density at radius 3 is 2.76 bits per heavy atom. The number of nitrogens with one attached hydrogen (secondary N) is 1. The molecule has 0 saturated carbocycles. The predicted octanol–water partition coefficient (Wildman–Crippen LogP) is 4.04. The van der Waals surface area contributed by atoms with Crippen LogP contribution in [0, 0.1) is 0 Å². The van der Waals surface area contributed by atoms with Crippen molar-refractivity contribution in [3.8, 4) is 11.5 Å². The van der Waals surface area contributed by atoms with Gasteiger partial charge in [-0.1, -0.05) is 30.7 Å². The van der Waals surface area contributed by atoms with Gasteiger partial charge in [-0.25, -0.2) is 0 Å². The van der Waals surface area contributed by atoms with Crippen LogP contribution in [0.25, 0.3) is 0 Å². The van der Waals surface area contributed by atoms with E-state index >= 15 is 0 Å². The van der Waals surface area contributed by atoms with Gasteiger partial charge in [-0.2, -0.15) is 0 Å². The highest BCUT2D eigenvalue weighted by Gasteiger charge is 2.05. The highest BCUT2D eigenvalue weighted by atomic mass is 35.5. The van der Waals surface area contributed by atoms with Gasteiger partial charge in [-0.05, 0) is 42.4 Å². The van der Waals surface area contributed by atoms with Gasteiger partial charge in [0.2, 0.25) is 0 Å². The van der Waals surface area contributed by atoms with Crippen LogP contribution in [0.4, 0.5) is 0 Å². The molecule has 0 atom stereocenters. The first-order valence-corrected chi connectivity index (χ1v) is 7.35. The Labute approximate surface area is 130 Å².